The van der Waals surface area contributed by atoms with E-state index in [1.807, 2.05) is 0 Å². The molecule has 0 N–H and O–H groups in total. The quantitative estimate of drug-likeness (QED) is 0.106. The first-order chi connectivity index (χ1) is 42.1. The second-order valence-corrected chi connectivity index (χ2v) is 21.7. The fourth-order valence-electron chi connectivity index (χ4n) is 13.0. The van der Waals surface area contributed by atoms with Crippen LogP contribution in [0.5, 0.6) is 0 Å². The van der Waals surface area contributed by atoms with E-state index in [2.05, 4.69) is 351 Å². The van der Waals surface area contributed by atoms with Crippen LogP contribution in [-0.2, 0) is 0 Å². The number of rotatable bonds is 13. The SMILES string of the molecule is C/C=c1/c(-c2cccc(-c3c4ccccc4c(-c4cccc(N(c5ccccc5)c5cccc(-c6ccccc6)c5)c4)c4ccccc34)c2)c2ccccc2c(-c2cccc(N(c3ccccc3)c3cccc(-c4ccccc4)c3)c2)/c1=C/CC. The Labute approximate surface area is 498 Å². The van der Waals surface area contributed by atoms with Crippen LogP contribution >= 0.6 is 0 Å². The van der Waals surface area contributed by atoms with Crippen LogP contribution in [0.25, 0.3) is 111 Å². The third-order valence-electron chi connectivity index (χ3n) is 16.6. The maximum absolute atomic E-state index is 2.45. The lowest BCUT2D eigenvalue weighted by Gasteiger charge is -2.27. The fraction of sp³-hybridized carbons (Fsp3) is 0.0361. The molecule has 0 aliphatic rings. The molecular weight excluding hydrogens is 1020 g/mol. The maximum atomic E-state index is 2.45. The van der Waals surface area contributed by atoms with E-state index in [1.54, 1.807) is 0 Å². The van der Waals surface area contributed by atoms with Gasteiger partial charge in [-0.2, -0.15) is 0 Å². The molecule has 85 heavy (non-hydrogen) atoms. The number of anilines is 6. The van der Waals surface area contributed by atoms with Crippen molar-refractivity contribution in [3.63, 3.8) is 0 Å². The summed E-state index contributed by atoms with van der Waals surface area (Å²) in [6.45, 7) is 4.46. The highest BCUT2D eigenvalue weighted by molar-refractivity contribution is 6.22. The van der Waals surface area contributed by atoms with Crippen LogP contribution in [0.1, 0.15) is 20.3 Å². The molecule has 0 saturated carbocycles. The molecule has 0 aromatic heterocycles. The molecule has 14 aromatic rings. The zero-order valence-corrected chi connectivity index (χ0v) is 47.8. The van der Waals surface area contributed by atoms with Gasteiger partial charge in [-0.3, -0.25) is 0 Å². The summed E-state index contributed by atoms with van der Waals surface area (Å²) in [6, 6.07) is 115. The predicted molar refractivity (Wildman–Crippen MR) is 365 cm³/mol. The smallest absolute Gasteiger partial charge is 0.0467 e. The van der Waals surface area contributed by atoms with Crippen LogP contribution in [0.3, 0.4) is 0 Å². The van der Waals surface area contributed by atoms with Crippen molar-refractivity contribution in [3.8, 4) is 66.8 Å². The van der Waals surface area contributed by atoms with E-state index in [0.717, 1.165) is 46.1 Å². The van der Waals surface area contributed by atoms with Crippen LogP contribution in [0.15, 0.2) is 315 Å². The molecule has 14 rings (SSSR count). The monoisotopic (exact) mass is 1090 g/mol. The van der Waals surface area contributed by atoms with Gasteiger partial charge in [0.15, 0.2) is 0 Å². The average Bonchev–Trinajstić information content (AvgIpc) is 2.12. The number of benzene rings is 14. The van der Waals surface area contributed by atoms with Crippen LogP contribution < -0.4 is 20.2 Å². The summed E-state index contributed by atoms with van der Waals surface area (Å²) in [7, 11) is 0. The molecule has 404 valence electrons. The molecule has 0 atom stereocenters. The topological polar surface area (TPSA) is 6.48 Å². The summed E-state index contributed by atoms with van der Waals surface area (Å²) in [5.41, 5.74) is 20.9. The van der Waals surface area contributed by atoms with Crippen molar-refractivity contribution >= 4 is 78.6 Å². The lowest BCUT2D eigenvalue weighted by atomic mass is 9.84. The molecule has 2 nitrogen and oxygen atoms in total. The Hall–Kier alpha value is -10.8. The van der Waals surface area contributed by atoms with E-state index in [9.17, 15) is 0 Å². The van der Waals surface area contributed by atoms with Crippen molar-refractivity contribution in [1.82, 2.24) is 0 Å². The molecule has 0 saturated heterocycles. The van der Waals surface area contributed by atoms with Gasteiger partial charge < -0.3 is 9.80 Å². The van der Waals surface area contributed by atoms with E-state index in [1.165, 1.54) is 104 Å². The van der Waals surface area contributed by atoms with Gasteiger partial charge in [-0.15, -0.1) is 0 Å². The standard InChI is InChI=1S/C83H62N2/c1-3-28-73-72(4-2)80(74-47-17-18-48-75(74)82(73)64-37-26-45-70(56-64)84(66-39-13-7-14-40-66)68-43-24-33-60(54-68)58-29-9-5-10-30-58)62-35-23-36-63(53-62)81-76-49-19-21-51-78(76)83(79-52-22-20-50-77(79)81)65-38-27-46-71(57-65)85(67-41-15-8-16-42-67)69-44-25-34-61(55-69)59-31-11-6-12-32-59/h4-57H,3H2,1-2H3/b72-4+,73-28+. The Morgan fingerprint density at radius 3 is 0.871 bits per heavy atom. The van der Waals surface area contributed by atoms with Gasteiger partial charge in [0.1, 0.15) is 0 Å². The Kier molecular flexibility index (Phi) is 14.3. The van der Waals surface area contributed by atoms with Crippen molar-refractivity contribution in [2.24, 2.45) is 0 Å². The van der Waals surface area contributed by atoms with Gasteiger partial charge >= 0.3 is 0 Å². The second kappa shape index (κ2) is 23.2. The normalized spacial score (nSPS) is 11.8. The first-order valence-corrected chi connectivity index (χ1v) is 29.6. The van der Waals surface area contributed by atoms with Gasteiger partial charge in [0.25, 0.3) is 0 Å². The average molecular weight is 1090 g/mol. The van der Waals surface area contributed by atoms with Gasteiger partial charge in [0.2, 0.25) is 0 Å². The first-order valence-electron chi connectivity index (χ1n) is 29.6. The summed E-state index contributed by atoms with van der Waals surface area (Å²) in [4.78, 5) is 4.77. The van der Waals surface area contributed by atoms with E-state index >= 15 is 0 Å². The molecule has 2 heteroatoms. The number of nitrogens with zero attached hydrogens (tertiary/aromatic N) is 2. The van der Waals surface area contributed by atoms with Crippen molar-refractivity contribution in [3.05, 3.63) is 326 Å². The van der Waals surface area contributed by atoms with Crippen molar-refractivity contribution in [2.75, 3.05) is 9.80 Å². The molecule has 0 aliphatic heterocycles. The van der Waals surface area contributed by atoms with Gasteiger partial charge in [-0.05, 0) is 202 Å². The molecule has 0 unspecified atom stereocenters. The fourth-order valence-corrected chi connectivity index (χ4v) is 13.0. The highest BCUT2D eigenvalue weighted by Crippen LogP contribution is 2.47. The molecule has 14 aromatic carbocycles. The van der Waals surface area contributed by atoms with Crippen molar-refractivity contribution in [2.45, 2.75) is 20.3 Å². The second-order valence-electron chi connectivity index (χ2n) is 21.7. The molecule has 0 bridgehead atoms. The predicted octanol–water partition coefficient (Wildman–Crippen LogP) is 22.1. The Morgan fingerprint density at radius 2 is 0.494 bits per heavy atom. The zero-order chi connectivity index (χ0) is 57.1. The minimum absolute atomic E-state index is 0.882. The van der Waals surface area contributed by atoms with Gasteiger partial charge in [-0.1, -0.05) is 256 Å². The summed E-state index contributed by atoms with van der Waals surface area (Å²) in [5.74, 6) is 0. The third kappa shape index (κ3) is 9.94. The van der Waals surface area contributed by atoms with Crippen LogP contribution in [0.2, 0.25) is 0 Å². The number of hydrogen-bond donors (Lipinski definition) is 0. The highest BCUT2D eigenvalue weighted by Gasteiger charge is 2.22. The molecule has 0 amide bonds. The lowest BCUT2D eigenvalue weighted by molar-refractivity contribution is 1.28. The summed E-state index contributed by atoms with van der Waals surface area (Å²) >= 11 is 0. The molecular formula is C83H62N2. The van der Waals surface area contributed by atoms with Gasteiger partial charge in [-0.25, -0.2) is 0 Å². The lowest BCUT2D eigenvalue weighted by Crippen LogP contribution is -2.29. The summed E-state index contributed by atoms with van der Waals surface area (Å²) in [5, 5.41) is 9.78. The Bertz CT molecular complexity index is 4820. The zero-order valence-electron chi connectivity index (χ0n) is 47.8. The molecule has 0 radical (unpaired) electrons. The summed E-state index contributed by atoms with van der Waals surface area (Å²) in [6.07, 6.45) is 5.65. The largest absolute Gasteiger partial charge is 0.310 e. The number of fused-ring (bicyclic) bond motifs is 3. The minimum atomic E-state index is 0.882. The molecule has 0 fully saturated rings. The van der Waals surface area contributed by atoms with Crippen LogP contribution in [0.4, 0.5) is 34.1 Å². The number of para-hydroxylation sites is 2. The van der Waals surface area contributed by atoms with Crippen LogP contribution in [-0.4, -0.2) is 0 Å². The van der Waals surface area contributed by atoms with E-state index in [0.29, 0.717) is 0 Å². The first kappa shape index (κ1) is 52.3. The van der Waals surface area contributed by atoms with E-state index in [4.69, 9.17) is 0 Å². The summed E-state index contributed by atoms with van der Waals surface area (Å²) < 4.78 is 0. The third-order valence-corrected chi connectivity index (χ3v) is 16.6. The van der Waals surface area contributed by atoms with E-state index < -0.39 is 0 Å². The number of hydrogen-bond acceptors (Lipinski definition) is 2. The van der Waals surface area contributed by atoms with Gasteiger partial charge in [0.05, 0.1) is 0 Å². The Morgan fingerprint density at radius 1 is 0.235 bits per heavy atom. The molecule has 0 aliphatic carbocycles. The van der Waals surface area contributed by atoms with Crippen LogP contribution in [0, 0.1) is 0 Å². The highest BCUT2D eigenvalue weighted by atomic mass is 15.1. The maximum Gasteiger partial charge on any atom is 0.0467 e. The Balaban J connectivity index is 0.909. The van der Waals surface area contributed by atoms with E-state index in [-0.39, 0.29) is 0 Å². The molecule has 0 heterocycles. The van der Waals surface area contributed by atoms with Crippen molar-refractivity contribution in [1.29, 1.82) is 0 Å². The van der Waals surface area contributed by atoms with Crippen molar-refractivity contribution < 1.29 is 0 Å². The van der Waals surface area contributed by atoms with Gasteiger partial charge in [0, 0.05) is 34.1 Å². The molecule has 0 spiro atoms. The minimum Gasteiger partial charge on any atom is -0.310 e.